The van der Waals surface area contributed by atoms with E-state index in [-0.39, 0.29) is 25.2 Å². The highest BCUT2D eigenvalue weighted by Gasteiger charge is 2.16. The summed E-state index contributed by atoms with van der Waals surface area (Å²) in [7, 11) is 0. The Kier molecular flexibility index (Phi) is 34.5. The van der Waals surface area contributed by atoms with Gasteiger partial charge in [-0.05, 0) is 57.8 Å². The maximum absolute atomic E-state index is 12.1. The van der Waals surface area contributed by atoms with Gasteiger partial charge in [-0.15, -0.1) is 0 Å². The van der Waals surface area contributed by atoms with E-state index in [0.29, 0.717) is 25.9 Å². The third kappa shape index (κ3) is 34.5. The number of unbranched alkanes of at least 4 members (excludes halogenated alkanes) is 16. The number of allylic oxidation sites excluding steroid dienone is 8. The van der Waals surface area contributed by atoms with E-state index < -0.39 is 6.10 Å². The van der Waals surface area contributed by atoms with Crippen molar-refractivity contribution in [2.45, 2.75) is 167 Å². The lowest BCUT2D eigenvalue weighted by Gasteiger charge is -2.15. The molecule has 0 unspecified atom stereocenters. The molecule has 0 rings (SSSR count). The minimum absolute atomic E-state index is 0.101. The zero-order valence-electron chi connectivity index (χ0n) is 28.8. The first-order valence-electron chi connectivity index (χ1n) is 18.3. The molecule has 1 atom stereocenters. The van der Waals surface area contributed by atoms with Gasteiger partial charge in [0.1, 0.15) is 6.61 Å². The van der Waals surface area contributed by atoms with E-state index in [1.165, 1.54) is 64.2 Å². The molecule has 0 heterocycles. The smallest absolute Gasteiger partial charge is 0.306 e. The first-order chi connectivity index (χ1) is 22.1. The molecule has 45 heavy (non-hydrogen) atoms. The van der Waals surface area contributed by atoms with Crippen LogP contribution in [0.5, 0.6) is 0 Å². The van der Waals surface area contributed by atoms with Crippen LogP contribution >= 0.6 is 0 Å². The molecule has 0 bridgehead atoms. The van der Waals surface area contributed by atoms with Gasteiger partial charge < -0.3 is 19.7 Å². The first-order valence-corrected chi connectivity index (χ1v) is 18.3. The Bertz CT molecular complexity index is 769. The van der Waals surface area contributed by atoms with Crippen LogP contribution in [-0.2, 0) is 19.1 Å². The highest BCUT2D eigenvalue weighted by molar-refractivity contribution is 5.70. The van der Waals surface area contributed by atoms with Crippen molar-refractivity contribution in [2.75, 3.05) is 19.8 Å². The number of carbonyl (C=O) groups is 2. The summed E-state index contributed by atoms with van der Waals surface area (Å²) in [5.41, 5.74) is 0. The molecule has 0 aromatic rings. The van der Waals surface area contributed by atoms with E-state index >= 15 is 0 Å². The molecular formula is C39H68O6. The lowest BCUT2D eigenvalue weighted by atomic mass is 10.0. The van der Waals surface area contributed by atoms with Crippen LogP contribution in [0, 0.1) is 0 Å². The monoisotopic (exact) mass is 633 g/mol. The van der Waals surface area contributed by atoms with Crippen LogP contribution in [0.4, 0.5) is 0 Å². The van der Waals surface area contributed by atoms with E-state index in [1.807, 2.05) is 0 Å². The minimum atomic E-state index is -0.797. The largest absolute Gasteiger partial charge is 0.462 e. The van der Waals surface area contributed by atoms with Gasteiger partial charge in [-0.25, -0.2) is 0 Å². The molecule has 260 valence electrons. The van der Waals surface area contributed by atoms with Crippen molar-refractivity contribution in [1.29, 1.82) is 0 Å². The Balaban J connectivity index is 3.68. The van der Waals surface area contributed by atoms with Gasteiger partial charge >= 0.3 is 11.9 Å². The molecule has 0 amide bonds. The number of ether oxygens (including phenoxy) is 2. The second-order valence-corrected chi connectivity index (χ2v) is 12.0. The molecule has 6 heteroatoms. The van der Waals surface area contributed by atoms with Gasteiger partial charge in [-0.1, -0.05) is 139 Å². The lowest BCUT2D eigenvalue weighted by molar-refractivity contribution is -0.161. The van der Waals surface area contributed by atoms with Crippen LogP contribution in [0.1, 0.15) is 161 Å². The molecule has 0 radical (unpaired) electrons. The van der Waals surface area contributed by atoms with Gasteiger partial charge in [0.2, 0.25) is 0 Å². The summed E-state index contributed by atoms with van der Waals surface area (Å²) in [6.07, 6.45) is 41.8. The molecule has 0 spiro atoms. The summed E-state index contributed by atoms with van der Waals surface area (Å²) in [5, 5.41) is 18.3. The maximum Gasteiger partial charge on any atom is 0.306 e. The summed E-state index contributed by atoms with van der Waals surface area (Å²) >= 11 is 0. The van der Waals surface area contributed by atoms with E-state index in [2.05, 4.69) is 55.5 Å². The van der Waals surface area contributed by atoms with Gasteiger partial charge in [0.05, 0.1) is 6.61 Å². The molecule has 0 aliphatic carbocycles. The number of hydrogen-bond acceptors (Lipinski definition) is 6. The van der Waals surface area contributed by atoms with Crippen LogP contribution in [0.15, 0.2) is 48.6 Å². The Morgan fingerprint density at radius 2 is 0.978 bits per heavy atom. The topological polar surface area (TPSA) is 93.1 Å². The van der Waals surface area contributed by atoms with Crippen LogP contribution in [0.25, 0.3) is 0 Å². The summed E-state index contributed by atoms with van der Waals surface area (Å²) < 4.78 is 10.5. The van der Waals surface area contributed by atoms with Crippen LogP contribution in [-0.4, -0.2) is 48.1 Å². The Morgan fingerprint density at radius 1 is 0.533 bits per heavy atom. The quantitative estimate of drug-likeness (QED) is 0.0425. The Hall–Kier alpha value is -2.18. The fourth-order valence-electron chi connectivity index (χ4n) is 4.88. The van der Waals surface area contributed by atoms with Crippen molar-refractivity contribution in [3.63, 3.8) is 0 Å². The second-order valence-electron chi connectivity index (χ2n) is 12.0. The predicted molar refractivity (Wildman–Crippen MR) is 188 cm³/mol. The molecule has 0 saturated carbocycles. The van der Waals surface area contributed by atoms with Crippen molar-refractivity contribution in [3.05, 3.63) is 48.6 Å². The van der Waals surface area contributed by atoms with Crippen LogP contribution < -0.4 is 0 Å². The number of rotatable bonds is 33. The van der Waals surface area contributed by atoms with Crippen molar-refractivity contribution in [1.82, 2.24) is 0 Å². The van der Waals surface area contributed by atoms with Crippen LogP contribution in [0.2, 0.25) is 0 Å². The lowest BCUT2D eigenvalue weighted by Crippen LogP contribution is -2.28. The summed E-state index contributed by atoms with van der Waals surface area (Å²) in [4.78, 5) is 24.1. The van der Waals surface area contributed by atoms with E-state index in [9.17, 15) is 14.7 Å². The third-order valence-corrected chi connectivity index (χ3v) is 7.68. The summed E-state index contributed by atoms with van der Waals surface area (Å²) in [6.45, 7) is 2.09. The van der Waals surface area contributed by atoms with Gasteiger partial charge in [-0.2, -0.15) is 0 Å². The van der Waals surface area contributed by atoms with Crippen molar-refractivity contribution < 1.29 is 29.3 Å². The first kappa shape index (κ1) is 42.8. The highest BCUT2D eigenvalue weighted by atomic mass is 16.6. The Labute approximate surface area is 276 Å². The number of esters is 2. The van der Waals surface area contributed by atoms with E-state index in [1.54, 1.807) is 0 Å². The molecule has 0 aromatic carbocycles. The number of carbonyl (C=O) groups excluding carboxylic acids is 2. The van der Waals surface area contributed by atoms with Crippen molar-refractivity contribution in [3.8, 4) is 0 Å². The second kappa shape index (κ2) is 36.3. The summed E-state index contributed by atoms with van der Waals surface area (Å²) in [6, 6.07) is 0. The van der Waals surface area contributed by atoms with E-state index in [4.69, 9.17) is 14.6 Å². The number of aliphatic hydroxyl groups is 2. The highest BCUT2D eigenvalue weighted by Crippen LogP contribution is 2.13. The molecule has 0 aliphatic rings. The summed E-state index contributed by atoms with van der Waals surface area (Å²) in [5.74, 6) is -0.671. The standard InChI is InChI=1S/C39H68O6/c1-2-3-4-5-6-7-8-14-18-21-24-27-30-33-39(43)45-37(35-41)36-44-38(42)32-29-26-23-20-17-15-12-10-9-11-13-16-19-22-25-28-31-34-40/h9,11-12,15-16,19-20,23,37,40-41H,2-8,10,13-14,17-18,21-22,24-36H2,1H3/b11-9-,15-12-,19-16-,23-20-/t37-/m0/s1. The molecular weight excluding hydrogens is 564 g/mol. The van der Waals surface area contributed by atoms with E-state index in [0.717, 1.165) is 70.6 Å². The van der Waals surface area contributed by atoms with Crippen LogP contribution in [0.3, 0.4) is 0 Å². The van der Waals surface area contributed by atoms with Gasteiger partial charge in [-0.3, -0.25) is 9.59 Å². The predicted octanol–water partition coefficient (Wildman–Crippen LogP) is 10.0. The number of hydrogen-bond donors (Lipinski definition) is 2. The van der Waals surface area contributed by atoms with Gasteiger partial charge in [0.25, 0.3) is 0 Å². The zero-order valence-corrected chi connectivity index (χ0v) is 28.8. The third-order valence-electron chi connectivity index (χ3n) is 7.68. The molecule has 0 saturated heterocycles. The zero-order chi connectivity index (χ0) is 32.9. The van der Waals surface area contributed by atoms with Crippen molar-refractivity contribution >= 4 is 11.9 Å². The Morgan fingerprint density at radius 3 is 1.49 bits per heavy atom. The SMILES string of the molecule is CCCCCCCCCCCCCCCC(=O)O[C@@H](CO)COC(=O)CCC/C=C\C/C=C\C/C=C\C/C=C\CCCCCO. The molecule has 0 fully saturated rings. The van der Waals surface area contributed by atoms with Gasteiger partial charge in [0.15, 0.2) is 6.10 Å². The van der Waals surface area contributed by atoms with Crippen molar-refractivity contribution in [2.24, 2.45) is 0 Å². The average molecular weight is 633 g/mol. The molecule has 6 nitrogen and oxygen atoms in total. The fourth-order valence-corrected chi connectivity index (χ4v) is 4.88. The minimum Gasteiger partial charge on any atom is -0.462 e. The molecule has 0 aliphatic heterocycles. The average Bonchev–Trinajstić information content (AvgIpc) is 3.04. The molecule has 0 aromatic heterocycles. The van der Waals surface area contributed by atoms with Gasteiger partial charge in [0, 0.05) is 19.4 Å². The normalized spacial score (nSPS) is 12.7. The molecule has 2 N–H and O–H groups in total. The fraction of sp³-hybridized carbons (Fsp3) is 0.744. The maximum atomic E-state index is 12.1. The number of aliphatic hydroxyl groups excluding tert-OH is 2.